The molecule has 0 bridgehead atoms. The van der Waals surface area contributed by atoms with Gasteiger partial charge < -0.3 is 0 Å². The van der Waals surface area contributed by atoms with Crippen molar-refractivity contribution in [2.75, 3.05) is 0 Å². The van der Waals surface area contributed by atoms with E-state index in [0.717, 1.165) is 6.42 Å². The van der Waals surface area contributed by atoms with Crippen LogP contribution >= 0.6 is 54.5 Å². The minimum absolute atomic E-state index is 0.325. The van der Waals surface area contributed by atoms with Crippen LogP contribution in [0, 0.1) is 6.92 Å². The van der Waals surface area contributed by atoms with Gasteiger partial charge in [-0.3, -0.25) is 0 Å². The second-order valence-corrected chi connectivity index (χ2v) is 7.85. The van der Waals surface area contributed by atoms with Crippen molar-refractivity contribution in [2.24, 2.45) is 0 Å². The molecule has 0 saturated heterocycles. The Kier molecular flexibility index (Phi) is 4.27. The van der Waals surface area contributed by atoms with E-state index in [0.29, 0.717) is 4.83 Å². The van der Waals surface area contributed by atoms with Gasteiger partial charge in [0.05, 0.1) is 4.83 Å². The zero-order valence-corrected chi connectivity index (χ0v) is 13.9. The molecule has 4 heteroatoms. The minimum atomic E-state index is 0.325. The lowest BCUT2D eigenvalue weighted by Crippen LogP contribution is -1.85. The van der Waals surface area contributed by atoms with Crippen molar-refractivity contribution in [2.45, 2.75) is 25.1 Å². The zero-order chi connectivity index (χ0) is 11.7. The molecule has 1 unspecified atom stereocenters. The summed E-state index contributed by atoms with van der Waals surface area (Å²) in [5.41, 5.74) is 0. The highest BCUT2D eigenvalue weighted by Gasteiger charge is 2.17. The summed E-state index contributed by atoms with van der Waals surface area (Å²) < 4.78 is 1.21. The van der Waals surface area contributed by atoms with E-state index in [1.807, 2.05) is 22.7 Å². The first-order valence-corrected chi connectivity index (χ1v) is 8.44. The van der Waals surface area contributed by atoms with Crippen molar-refractivity contribution in [3.8, 4) is 0 Å². The molecule has 0 fully saturated rings. The van der Waals surface area contributed by atoms with Crippen LogP contribution in [0.1, 0.15) is 31.3 Å². The van der Waals surface area contributed by atoms with Crippen molar-refractivity contribution >= 4 is 54.5 Å². The number of hydrogen-bond acceptors (Lipinski definition) is 2. The van der Waals surface area contributed by atoms with Gasteiger partial charge in [-0.15, -0.1) is 22.7 Å². The summed E-state index contributed by atoms with van der Waals surface area (Å²) in [5.74, 6) is 0. The average Bonchev–Trinajstić information content (AvgIpc) is 2.84. The van der Waals surface area contributed by atoms with Gasteiger partial charge in [-0.25, -0.2) is 0 Å². The van der Waals surface area contributed by atoms with Crippen LogP contribution in [-0.4, -0.2) is 0 Å². The smallest absolute Gasteiger partial charge is 0.0842 e. The van der Waals surface area contributed by atoms with E-state index in [9.17, 15) is 0 Å². The number of aryl methyl sites for hydroxylation is 2. The minimum Gasteiger partial charge on any atom is -0.144 e. The van der Waals surface area contributed by atoms with Gasteiger partial charge in [0.1, 0.15) is 0 Å². The Bertz CT molecular complexity index is 485. The molecule has 2 aromatic rings. The van der Waals surface area contributed by atoms with Crippen LogP contribution in [0.4, 0.5) is 0 Å². The standard InChI is InChI=1S/C12H12Br2S2/c1-3-8-4-5-10(16-8)11(14)12-9(13)6-7(2)15-12/h4-6,11H,3H2,1-2H3. The van der Waals surface area contributed by atoms with Gasteiger partial charge in [0, 0.05) is 24.0 Å². The van der Waals surface area contributed by atoms with Gasteiger partial charge in [0.25, 0.3) is 0 Å². The Hall–Kier alpha value is 0.360. The third-order valence-electron chi connectivity index (χ3n) is 2.35. The molecule has 0 aliphatic carbocycles. The van der Waals surface area contributed by atoms with Crippen LogP contribution in [0.3, 0.4) is 0 Å². The van der Waals surface area contributed by atoms with Crippen LogP contribution in [0.5, 0.6) is 0 Å². The molecule has 2 heterocycles. The Balaban J connectivity index is 2.31. The summed E-state index contributed by atoms with van der Waals surface area (Å²) in [6, 6.07) is 6.63. The lowest BCUT2D eigenvalue weighted by atomic mass is 10.3. The summed E-state index contributed by atoms with van der Waals surface area (Å²) in [7, 11) is 0. The van der Waals surface area contributed by atoms with E-state index in [4.69, 9.17) is 0 Å². The Morgan fingerprint density at radius 1 is 1.31 bits per heavy atom. The molecule has 0 nitrogen and oxygen atoms in total. The molecule has 2 aromatic heterocycles. The van der Waals surface area contributed by atoms with Gasteiger partial charge in [-0.05, 0) is 47.5 Å². The molecule has 0 N–H and O–H groups in total. The number of hydrogen-bond donors (Lipinski definition) is 0. The van der Waals surface area contributed by atoms with Gasteiger partial charge >= 0.3 is 0 Å². The van der Waals surface area contributed by atoms with E-state index in [1.54, 1.807) is 0 Å². The lowest BCUT2D eigenvalue weighted by Gasteiger charge is -2.05. The van der Waals surface area contributed by atoms with Gasteiger partial charge in [-0.2, -0.15) is 0 Å². The summed E-state index contributed by atoms with van der Waals surface area (Å²) in [5, 5.41) is 0. The van der Waals surface area contributed by atoms with Crippen LogP contribution in [0.15, 0.2) is 22.7 Å². The van der Waals surface area contributed by atoms with Crippen molar-refractivity contribution in [1.82, 2.24) is 0 Å². The molecular weight excluding hydrogens is 368 g/mol. The molecule has 0 aliphatic rings. The quantitative estimate of drug-likeness (QED) is 0.580. The topological polar surface area (TPSA) is 0 Å². The fraction of sp³-hybridized carbons (Fsp3) is 0.333. The van der Waals surface area contributed by atoms with E-state index in [2.05, 4.69) is 63.9 Å². The third kappa shape index (κ3) is 2.61. The molecule has 0 spiro atoms. The van der Waals surface area contributed by atoms with E-state index in [-0.39, 0.29) is 0 Å². The Labute approximate surface area is 121 Å². The van der Waals surface area contributed by atoms with Crippen LogP contribution in [0.2, 0.25) is 0 Å². The molecule has 0 amide bonds. The predicted octanol–water partition coefficient (Wildman–Crippen LogP) is 5.93. The molecule has 16 heavy (non-hydrogen) atoms. The zero-order valence-electron chi connectivity index (χ0n) is 9.09. The first-order chi connectivity index (χ1) is 7.61. The van der Waals surface area contributed by atoms with E-state index in [1.165, 1.54) is 24.0 Å². The molecule has 0 aromatic carbocycles. The predicted molar refractivity (Wildman–Crippen MR) is 81.2 cm³/mol. The maximum atomic E-state index is 3.79. The highest BCUT2D eigenvalue weighted by molar-refractivity contribution is 9.11. The largest absolute Gasteiger partial charge is 0.144 e. The molecule has 1 atom stereocenters. The summed E-state index contributed by atoms with van der Waals surface area (Å²) >= 11 is 11.2. The van der Waals surface area contributed by atoms with Crippen LogP contribution in [0.25, 0.3) is 0 Å². The number of thiophene rings is 2. The maximum Gasteiger partial charge on any atom is 0.0842 e. The first kappa shape index (κ1) is 12.8. The second-order valence-electron chi connectivity index (χ2n) is 3.59. The van der Waals surface area contributed by atoms with E-state index < -0.39 is 0 Å². The molecule has 0 radical (unpaired) electrons. The van der Waals surface area contributed by atoms with Crippen molar-refractivity contribution < 1.29 is 0 Å². The molecule has 86 valence electrons. The number of alkyl halides is 1. The molecule has 2 rings (SSSR count). The van der Waals surface area contributed by atoms with Crippen molar-refractivity contribution in [3.63, 3.8) is 0 Å². The molecular formula is C12H12Br2S2. The average molecular weight is 380 g/mol. The van der Waals surface area contributed by atoms with Gasteiger partial charge in [0.2, 0.25) is 0 Å². The SMILES string of the molecule is CCc1ccc(C(Br)c2sc(C)cc2Br)s1. The second kappa shape index (κ2) is 5.34. The Morgan fingerprint density at radius 2 is 2.06 bits per heavy atom. The van der Waals surface area contributed by atoms with Crippen molar-refractivity contribution in [1.29, 1.82) is 0 Å². The monoisotopic (exact) mass is 378 g/mol. The normalized spacial score (nSPS) is 13.0. The summed E-state index contributed by atoms with van der Waals surface area (Å²) in [6.45, 7) is 4.34. The number of rotatable bonds is 3. The highest BCUT2D eigenvalue weighted by Crippen LogP contribution is 2.42. The summed E-state index contributed by atoms with van der Waals surface area (Å²) in [6.07, 6.45) is 1.12. The maximum absolute atomic E-state index is 3.79. The van der Waals surface area contributed by atoms with Gasteiger partial charge in [-0.1, -0.05) is 22.9 Å². The van der Waals surface area contributed by atoms with Crippen LogP contribution in [-0.2, 0) is 6.42 Å². The molecule has 0 aliphatic heterocycles. The highest BCUT2D eigenvalue weighted by atomic mass is 79.9. The fourth-order valence-electron chi connectivity index (χ4n) is 1.52. The van der Waals surface area contributed by atoms with Gasteiger partial charge in [0.15, 0.2) is 0 Å². The Morgan fingerprint density at radius 3 is 2.56 bits per heavy atom. The van der Waals surface area contributed by atoms with E-state index >= 15 is 0 Å². The third-order valence-corrected chi connectivity index (χ3v) is 7.23. The number of halogens is 2. The fourth-order valence-corrected chi connectivity index (χ4v) is 5.68. The van der Waals surface area contributed by atoms with Crippen LogP contribution < -0.4 is 0 Å². The lowest BCUT2D eigenvalue weighted by molar-refractivity contribution is 1.19. The first-order valence-electron chi connectivity index (χ1n) is 5.10. The van der Waals surface area contributed by atoms with Crippen molar-refractivity contribution in [3.05, 3.63) is 42.2 Å². The summed E-state index contributed by atoms with van der Waals surface area (Å²) in [4.78, 5) is 5.87. The molecule has 0 saturated carbocycles.